The number of rotatable bonds is 7. The summed E-state index contributed by atoms with van der Waals surface area (Å²) < 4.78 is 0. The van der Waals surface area contributed by atoms with Crippen LogP contribution in [0, 0.1) is 24.2 Å². The highest BCUT2D eigenvalue weighted by atomic mass is 32.1. The number of aryl methyl sites for hydroxylation is 1. The van der Waals surface area contributed by atoms with Crippen LogP contribution in [-0.2, 0) is 6.42 Å². The number of nitrogens with one attached hydrogen (secondary N) is 1. The molecule has 3 heteroatoms. The molecule has 0 aliphatic heterocycles. The fourth-order valence-electron chi connectivity index (χ4n) is 1.95. The zero-order chi connectivity index (χ0) is 13.8. The fraction of sp³-hybridized carbons (Fsp3) is 0.800. The molecule has 0 aliphatic rings. The summed E-state index contributed by atoms with van der Waals surface area (Å²) in [5.74, 6) is 1.37. The molecule has 0 radical (unpaired) electrons. The van der Waals surface area contributed by atoms with Gasteiger partial charge in [0, 0.05) is 24.0 Å². The van der Waals surface area contributed by atoms with Gasteiger partial charge in [-0.05, 0) is 30.7 Å². The smallest absolute Gasteiger partial charge is 0.0934 e. The monoisotopic (exact) mass is 268 g/mol. The Morgan fingerprint density at radius 2 is 2.00 bits per heavy atom. The predicted octanol–water partition coefficient (Wildman–Crippen LogP) is 3.90. The van der Waals surface area contributed by atoms with E-state index in [1.165, 1.54) is 5.01 Å². The van der Waals surface area contributed by atoms with E-state index in [4.69, 9.17) is 0 Å². The van der Waals surface area contributed by atoms with Crippen molar-refractivity contribution in [3.05, 3.63) is 16.1 Å². The van der Waals surface area contributed by atoms with Crippen LogP contribution in [0.3, 0.4) is 0 Å². The van der Waals surface area contributed by atoms with Crippen molar-refractivity contribution in [1.29, 1.82) is 0 Å². The molecule has 1 aromatic rings. The lowest BCUT2D eigenvalue weighted by molar-refractivity contribution is 0.204. The molecule has 0 aromatic carbocycles. The number of thiazole rings is 1. The van der Waals surface area contributed by atoms with Crippen LogP contribution in [0.1, 0.15) is 45.3 Å². The van der Waals surface area contributed by atoms with E-state index in [1.807, 2.05) is 0 Å². The molecule has 2 nitrogen and oxygen atoms in total. The molecule has 1 rings (SSSR count). The SMILES string of the molecule is Cc1csc(CC(C)(CNCC(C)C)C(C)C)n1. The molecule has 0 bridgehead atoms. The van der Waals surface area contributed by atoms with Gasteiger partial charge < -0.3 is 5.32 Å². The van der Waals surface area contributed by atoms with Crippen molar-refractivity contribution >= 4 is 11.3 Å². The third-order valence-corrected chi connectivity index (χ3v) is 4.66. The maximum absolute atomic E-state index is 4.61. The van der Waals surface area contributed by atoms with E-state index in [9.17, 15) is 0 Å². The van der Waals surface area contributed by atoms with Gasteiger partial charge in [0.2, 0.25) is 0 Å². The molecular weight excluding hydrogens is 240 g/mol. The second-order valence-electron chi connectivity index (χ2n) is 6.39. The molecule has 0 spiro atoms. The first-order valence-corrected chi connectivity index (χ1v) is 7.83. The van der Waals surface area contributed by atoms with Crippen molar-refractivity contribution < 1.29 is 0 Å². The molecule has 1 atom stereocenters. The Kier molecular flexibility index (Phi) is 5.80. The first-order valence-electron chi connectivity index (χ1n) is 6.95. The molecule has 0 aliphatic carbocycles. The van der Waals surface area contributed by atoms with Gasteiger partial charge in [0.25, 0.3) is 0 Å². The molecule has 1 N–H and O–H groups in total. The molecular formula is C15H28N2S. The van der Waals surface area contributed by atoms with E-state index in [0.29, 0.717) is 17.3 Å². The van der Waals surface area contributed by atoms with Crippen LogP contribution >= 0.6 is 11.3 Å². The van der Waals surface area contributed by atoms with Crippen LogP contribution in [0.25, 0.3) is 0 Å². The summed E-state index contributed by atoms with van der Waals surface area (Å²) in [6.45, 7) is 15.8. The van der Waals surface area contributed by atoms with Gasteiger partial charge >= 0.3 is 0 Å². The molecule has 18 heavy (non-hydrogen) atoms. The topological polar surface area (TPSA) is 24.9 Å². The Morgan fingerprint density at radius 1 is 1.33 bits per heavy atom. The number of hydrogen-bond acceptors (Lipinski definition) is 3. The van der Waals surface area contributed by atoms with E-state index in [0.717, 1.165) is 25.2 Å². The minimum atomic E-state index is 0.291. The maximum atomic E-state index is 4.61. The summed E-state index contributed by atoms with van der Waals surface area (Å²) in [7, 11) is 0. The van der Waals surface area contributed by atoms with Crippen LogP contribution in [0.5, 0.6) is 0 Å². The molecule has 104 valence electrons. The number of nitrogens with zero attached hydrogens (tertiary/aromatic N) is 1. The quantitative estimate of drug-likeness (QED) is 0.811. The standard InChI is InChI=1S/C15H28N2S/c1-11(2)8-16-10-15(6,12(3)4)7-14-17-13(5)9-18-14/h9,11-12,16H,7-8,10H2,1-6H3. The Bertz CT molecular complexity index is 357. The number of hydrogen-bond donors (Lipinski definition) is 1. The molecule has 0 saturated carbocycles. The van der Waals surface area contributed by atoms with Gasteiger partial charge in [-0.1, -0.05) is 34.6 Å². The highest BCUT2D eigenvalue weighted by molar-refractivity contribution is 7.09. The highest BCUT2D eigenvalue weighted by Gasteiger charge is 2.29. The first kappa shape index (κ1) is 15.6. The summed E-state index contributed by atoms with van der Waals surface area (Å²) in [5, 5.41) is 7.03. The van der Waals surface area contributed by atoms with Gasteiger partial charge in [-0.3, -0.25) is 0 Å². The van der Waals surface area contributed by atoms with Crippen molar-refractivity contribution in [2.24, 2.45) is 17.3 Å². The van der Waals surface area contributed by atoms with Crippen molar-refractivity contribution in [2.45, 2.75) is 48.0 Å². The minimum Gasteiger partial charge on any atom is -0.316 e. The second-order valence-corrected chi connectivity index (χ2v) is 7.34. The molecule has 0 saturated heterocycles. The minimum absolute atomic E-state index is 0.291. The van der Waals surface area contributed by atoms with Crippen molar-refractivity contribution in [1.82, 2.24) is 10.3 Å². The Balaban J connectivity index is 2.62. The second kappa shape index (κ2) is 6.67. The predicted molar refractivity (Wildman–Crippen MR) is 81.2 cm³/mol. The van der Waals surface area contributed by atoms with Crippen molar-refractivity contribution in [2.75, 3.05) is 13.1 Å². The first-order chi connectivity index (χ1) is 8.33. The Labute approximate surface area is 116 Å². The van der Waals surface area contributed by atoms with Crippen LogP contribution in [0.4, 0.5) is 0 Å². The maximum Gasteiger partial charge on any atom is 0.0934 e. The van der Waals surface area contributed by atoms with Gasteiger partial charge in [-0.25, -0.2) is 4.98 Å². The van der Waals surface area contributed by atoms with E-state index in [2.05, 4.69) is 57.2 Å². The summed E-state index contributed by atoms with van der Waals surface area (Å²) >= 11 is 1.79. The summed E-state index contributed by atoms with van der Waals surface area (Å²) in [6.07, 6.45) is 1.08. The van der Waals surface area contributed by atoms with Gasteiger partial charge in [0.15, 0.2) is 0 Å². The molecule has 1 heterocycles. The molecule has 0 fully saturated rings. The highest BCUT2D eigenvalue weighted by Crippen LogP contribution is 2.31. The van der Waals surface area contributed by atoms with Gasteiger partial charge in [0.05, 0.1) is 5.01 Å². The summed E-state index contributed by atoms with van der Waals surface area (Å²) in [4.78, 5) is 4.61. The molecule has 0 amide bonds. The van der Waals surface area contributed by atoms with Gasteiger partial charge in [0.1, 0.15) is 0 Å². The van der Waals surface area contributed by atoms with E-state index in [-0.39, 0.29) is 0 Å². The third kappa shape index (κ3) is 4.69. The molecule has 1 unspecified atom stereocenters. The Morgan fingerprint density at radius 3 is 2.44 bits per heavy atom. The van der Waals surface area contributed by atoms with Gasteiger partial charge in [-0.15, -0.1) is 11.3 Å². The van der Waals surface area contributed by atoms with Crippen molar-refractivity contribution in [3.63, 3.8) is 0 Å². The third-order valence-electron chi connectivity index (χ3n) is 3.70. The van der Waals surface area contributed by atoms with Gasteiger partial charge in [-0.2, -0.15) is 0 Å². The van der Waals surface area contributed by atoms with E-state index < -0.39 is 0 Å². The summed E-state index contributed by atoms with van der Waals surface area (Å²) in [5.41, 5.74) is 1.44. The van der Waals surface area contributed by atoms with Crippen LogP contribution in [0.2, 0.25) is 0 Å². The largest absolute Gasteiger partial charge is 0.316 e. The zero-order valence-electron chi connectivity index (χ0n) is 12.7. The van der Waals surface area contributed by atoms with E-state index >= 15 is 0 Å². The Hall–Kier alpha value is -0.410. The lowest BCUT2D eigenvalue weighted by Gasteiger charge is -2.34. The lowest BCUT2D eigenvalue weighted by Crippen LogP contribution is -2.39. The summed E-state index contributed by atoms with van der Waals surface area (Å²) in [6, 6.07) is 0. The lowest BCUT2D eigenvalue weighted by atomic mass is 9.76. The zero-order valence-corrected chi connectivity index (χ0v) is 13.5. The van der Waals surface area contributed by atoms with Crippen LogP contribution < -0.4 is 5.32 Å². The fourth-order valence-corrected chi connectivity index (χ4v) is 2.92. The van der Waals surface area contributed by atoms with Crippen LogP contribution in [-0.4, -0.2) is 18.1 Å². The average Bonchev–Trinajstić information content (AvgIpc) is 2.62. The van der Waals surface area contributed by atoms with Crippen LogP contribution in [0.15, 0.2) is 5.38 Å². The van der Waals surface area contributed by atoms with E-state index in [1.54, 1.807) is 11.3 Å². The average molecular weight is 268 g/mol. The normalized spacial score (nSPS) is 15.3. The molecule has 1 aromatic heterocycles. The van der Waals surface area contributed by atoms with Crippen molar-refractivity contribution in [3.8, 4) is 0 Å². The number of aromatic nitrogens is 1.